The predicted octanol–water partition coefficient (Wildman–Crippen LogP) is 4.97. The zero-order chi connectivity index (χ0) is 14.8. The Morgan fingerprint density at radius 2 is 1.50 bits per heavy atom. The number of rotatable bonds is 11. The van der Waals surface area contributed by atoms with E-state index in [0.29, 0.717) is 6.04 Å². The van der Waals surface area contributed by atoms with Crippen molar-refractivity contribution in [3.8, 4) is 0 Å². The van der Waals surface area contributed by atoms with Gasteiger partial charge in [-0.3, -0.25) is 0 Å². The molecule has 1 rings (SSSR count). The van der Waals surface area contributed by atoms with Gasteiger partial charge in [0.2, 0.25) is 0 Å². The molecule has 0 radical (unpaired) electrons. The Morgan fingerprint density at radius 3 is 2.05 bits per heavy atom. The van der Waals surface area contributed by atoms with Gasteiger partial charge >= 0.3 is 0 Å². The van der Waals surface area contributed by atoms with Crippen molar-refractivity contribution in [3.63, 3.8) is 0 Å². The minimum absolute atomic E-state index is 0.574. The molecule has 0 fully saturated rings. The fourth-order valence-corrected chi connectivity index (χ4v) is 2.90. The molecule has 0 aliphatic carbocycles. The molecule has 1 aromatic rings. The second kappa shape index (κ2) is 10.0. The smallest absolute Gasteiger partial charge is 0.237 e. The number of hydrogen-bond donors (Lipinski definition) is 0. The summed E-state index contributed by atoms with van der Waals surface area (Å²) in [5.41, 5.74) is 0. The van der Waals surface area contributed by atoms with Gasteiger partial charge in [0, 0.05) is 6.42 Å². The molecule has 0 bridgehead atoms. The maximum atomic E-state index is 2.41. The quantitative estimate of drug-likeness (QED) is 0.399. The third-order valence-corrected chi connectivity index (χ3v) is 4.22. The summed E-state index contributed by atoms with van der Waals surface area (Å²) >= 11 is 0. The number of unbranched alkanes of at least 4 members (excludes halogenated alkanes) is 8. The lowest BCUT2D eigenvalue weighted by atomic mass is 10.1. The summed E-state index contributed by atoms with van der Waals surface area (Å²) in [6, 6.07) is 0.574. The van der Waals surface area contributed by atoms with E-state index in [-0.39, 0.29) is 0 Å². The van der Waals surface area contributed by atoms with Crippen molar-refractivity contribution in [2.75, 3.05) is 0 Å². The van der Waals surface area contributed by atoms with Crippen molar-refractivity contribution in [3.05, 3.63) is 18.2 Å². The van der Waals surface area contributed by atoms with Crippen LogP contribution in [0.4, 0.5) is 0 Å². The molecule has 116 valence electrons. The minimum atomic E-state index is 0.574. The van der Waals surface area contributed by atoms with Crippen LogP contribution in [0.2, 0.25) is 0 Å². The first-order chi connectivity index (χ1) is 9.66. The molecule has 2 heteroatoms. The van der Waals surface area contributed by atoms with Crippen molar-refractivity contribution in [2.24, 2.45) is 7.05 Å². The van der Waals surface area contributed by atoms with E-state index in [1.807, 2.05) is 0 Å². The van der Waals surface area contributed by atoms with E-state index in [0.717, 1.165) is 0 Å². The second-order valence-electron chi connectivity index (χ2n) is 6.40. The standard InChI is InChI=1S/C18H35N2/c1-5-6-7-8-9-10-11-12-13-14-18-19(4)15-16-20(18)17(2)3/h15-17H,5-14H2,1-4H3/q+1. The third kappa shape index (κ3) is 6.11. The Morgan fingerprint density at radius 1 is 0.950 bits per heavy atom. The highest BCUT2D eigenvalue weighted by atomic mass is 15.1. The van der Waals surface area contributed by atoms with Crippen molar-refractivity contribution in [1.29, 1.82) is 0 Å². The van der Waals surface area contributed by atoms with Crippen LogP contribution >= 0.6 is 0 Å². The van der Waals surface area contributed by atoms with E-state index in [1.165, 1.54) is 70.0 Å². The zero-order valence-electron chi connectivity index (χ0n) is 14.2. The number of imidazole rings is 1. The van der Waals surface area contributed by atoms with Gasteiger partial charge in [0.15, 0.2) is 0 Å². The van der Waals surface area contributed by atoms with E-state index in [4.69, 9.17) is 0 Å². The van der Waals surface area contributed by atoms with Gasteiger partial charge in [-0.1, -0.05) is 58.3 Å². The Bertz CT molecular complexity index is 352. The van der Waals surface area contributed by atoms with E-state index in [2.05, 4.69) is 49.3 Å². The fourth-order valence-electron chi connectivity index (χ4n) is 2.90. The van der Waals surface area contributed by atoms with Gasteiger partial charge in [-0.25, -0.2) is 9.13 Å². The van der Waals surface area contributed by atoms with Crippen LogP contribution in [0.3, 0.4) is 0 Å². The van der Waals surface area contributed by atoms with Crippen molar-refractivity contribution >= 4 is 0 Å². The molecule has 0 atom stereocenters. The summed E-state index contributed by atoms with van der Waals surface area (Å²) in [4.78, 5) is 0. The molecule has 0 N–H and O–H groups in total. The average Bonchev–Trinajstić information content (AvgIpc) is 2.78. The maximum Gasteiger partial charge on any atom is 0.256 e. The summed E-state index contributed by atoms with van der Waals surface area (Å²) in [6.07, 6.45) is 18.3. The predicted molar refractivity (Wildman–Crippen MR) is 86.9 cm³/mol. The van der Waals surface area contributed by atoms with Gasteiger partial charge in [0.25, 0.3) is 5.82 Å². The van der Waals surface area contributed by atoms with Crippen LogP contribution in [0.5, 0.6) is 0 Å². The first kappa shape index (κ1) is 17.3. The lowest BCUT2D eigenvalue weighted by Crippen LogP contribution is -2.32. The van der Waals surface area contributed by atoms with Crippen LogP contribution in [-0.2, 0) is 13.5 Å². The molecule has 0 saturated heterocycles. The number of aryl methyl sites for hydroxylation is 1. The molecule has 0 aliphatic rings. The van der Waals surface area contributed by atoms with Crippen molar-refractivity contribution in [2.45, 2.75) is 91.0 Å². The van der Waals surface area contributed by atoms with Crippen LogP contribution in [0.25, 0.3) is 0 Å². The van der Waals surface area contributed by atoms with E-state index >= 15 is 0 Å². The number of aromatic nitrogens is 2. The minimum Gasteiger partial charge on any atom is -0.237 e. The summed E-state index contributed by atoms with van der Waals surface area (Å²) < 4.78 is 4.69. The molecule has 2 nitrogen and oxygen atoms in total. The molecule has 1 aromatic heterocycles. The average molecular weight is 279 g/mol. The van der Waals surface area contributed by atoms with Gasteiger partial charge in [-0.15, -0.1) is 0 Å². The van der Waals surface area contributed by atoms with Gasteiger partial charge in [-0.05, 0) is 20.3 Å². The van der Waals surface area contributed by atoms with Gasteiger partial charge in [-0.2, -0.15) is 0 Å². The van der Waals surface area contributed by atoms with Crippen molar-refractivity contribution in [1.82, 2.24) is 4.57 Å². The molecule has 20 heavy (non-hydrogen) atoms. The Labute approximate surface area is 126 Å². The lowest BCUT2D eigenvalue weighted by Gasteiger charge is -2.06. The molecular formula is C18H35N2+. The van der Waals surface area contributed by atoms with E-state index < -0.39 is 0 Å². The molecule has 0 unspecified atom stereocenters. The van der Waals surface area contributed by atoms with Crippen LogP contribution in [0.1, 0.15) is 90.4 Å². The van der Waals surface area contributed by atoms with Gasteiger partial charge in [0.1, 0.15) is 12.4 Å². The summed E-state index contributed by atoms with van der Waals surface area (Å²) in [6.45, 7) is 6.81. The largest absolute Gasteiger partial charge is 0.256 e. The number of hydrogen-bond acceptors (Lipinski definition) is 0. The highest BCUT2D eigenvalue weighted by Gasteiger charge is 2.15. The molecular weight excluding hydrogens is 244 g/mol. The Hall–Kier alpha value is -0.790. The van der Waals surface area contributed by atoms with Crippen LogP contribution in [0.15, 0.2) is 12.4 Å². The highest BCUT2D eigenvalue weighted by Crippen LogP contribution is 2.13. The summed E-state index contributed by atoms with van der Waals surface area (Å²) in [7, 11) is 2.17. The van der Waals surface area contributed by atoms with Crippen LogP contribution < -0.4 is 4.57 Å². The Balaban J connectivity index is 2.11. The third-order valence-electron chi connectivity index (χ3n) is 4.22. The SMILES string of the molecule is CCCCCCCCCCCc1n(C(C)C)cc[n+]1C. The van der Waals surface area contributed by atoms with Crippen LogP contribution in [-0.4, -0.2) is 4.57 Å². The van der Waals surface area contributed by atoms with Gasteiger partial charge < -0.3 is 0 Å². The molecule has 0 spiro atoms. The fraction of sp³-hybridized carbons (Fsp3) is 0.833. The number of nitrogens with zero attached hydrogens (tertiary/aromatic N) is 2. The zero-order valence-corrected chi connectivity index (χ0v) is 14.2. The first-order valence-electron chi connectivity index (χ1n) is 8.72. The normalized spacial score (nSPS) is 11.4. The van der Waals surface area contributed by atoms with Crippen molar-refractivity contribution < 1.29 is 4.57 Å². The summed E-state index contributed by atoms with van der Waals surface area (Å²) in [5.74, 6) is 1.47. The van der Waals surface area contributed by atoms with Gasteiger partial charge in [0.05, 0.1) is 13.1 Å². The highest BCUT2D eigenvalue weighted by molar-refractivity contribution is 4.86. The molecule has 0 aromatic carbocycles. The lowest BCUT2D eigenvalue weighted by molar-refractivity contribution is -0.679. The first-order valence-corrected chi connectivity index (χ1v) is 8.72. The van der Waals surface area contributed by atoms with E-state index in [1.54, 1.807) is 0 Å². The summed E-state index contributed by atoms with van der Waals surface area (Å²) in [5, 5.41) is 0. The molecule has 0 saturated carbocycles. The van der Waals surface area contributed by atoms with E-state index in [9.17, 15) is 0 Å². The van der Waals surface area contributed by atoms with Crippen LogP contribution in [0, 0.1) is 0 Å². The topological polar surface area (TPSA) is 8.81 Å². The second-order valence-corrected chi connectivity index (χ2v) is 6.40. The molecule has 0 amide bonds. The monoisotopic (exact) mass is 279 g/mol. The Kier molecular flexibility index (Phi) is 8.64. The molecule has 0 aliphatic heterocycles. The molecule has 1 heterocycles. The maximum absolute atomic E-state index is 2.41.